The standard InChI is InChI=1S/C40H51F2N5O10S/c1-22-11-6-7-12-24-20-40(24,36(50)45-58(53,54)39(5)16-17-39)44-31(48)29-19-25(57-33-28-14-9-8-13-26(28)27-15-10-18-55-32(27)43-33)21-46(29)34(49)30(23(2)56-22)47(37(51)52)38(3,4)35(41)42/h7-9,12-14,22-25,29-30,35H,6,10-11,15-21H2,1-5H3,(H,44,48)(H,45,50)(H,51,52)/b12-7-/t22-,23+,24-,25-,29+,30+,40-/m1/s1. The summed E-state index contributed by atoms with van der Waals surface area (Å²) in [4.78, 5) is 62.7. The Balaban J connectivity index is 1.29. The number of hydrogen-bond acceptors (Lipinski definition) is 10. The summed E-state index contributed by atoms with van der Waals surface area (Å²) in [6.45, 7) is 6.84. The fraction of sp³-hybridized carbons (Fsp3) is 0.625. The lowest BCUT2D eigenvalue weighted by atomic mass is 9.97. The molecule has 5 aliphatic rings. The number of aryl methyl sites for hydroxylation is 1. The van der Waals surface area contributed by atoms with Crippen LogP contribution >= 0.6 is 0 Å². The normalized spacial score (nSPS) is 30.4. The Kier molecular flexibility index (Phi) is 10.9. The number of sulfonamides is 1. The quantitative estimate of drug-likeness (QED) is 0.321. The van der Waals surface area contributed by atoms with E-state index in [0.717, 1.165) is 42.5 Å². The van der Waals surface area contributed by atoms with E-state index in [2.05, 4.69) is 15.0 Å². The van der Waals surface area contributed by atoms with Crippen LogP contribution < -0.4 is 19.5 Å². The van der Waals surface area contributed by atoms with E-state index in [4.69, 9.17) is 14.2 Å². The van der Waals surface area contributed by atoms with Crippen LogP contribution in [-0.2, 0) is 35.6 Å². The van der Waals surface area contributed by atoms with E-state index in [1.54, 1.807) is 19.1 Å². The lowest BCUT2D eigenvalue weighted by Crippen LogP contribution is -2.66. The average Bonchev–Trinajstić information content (AvgIpc) is 4.05. The topological polar surface area (TPSA) is 194 Å². The predicted octanol–water partition coefficient (Wildman–Crippen LogP) is 4.32. The number of halogens is 2. The summed E-state index contributed by atoms with van der Waals surface area (Å²) >= 11 is 0. The number of benzene rings is 1. The van der Waals surface area contributed by atoms with Gasteiger partial charge in [0.25, 0.3) is 12.3 Å². The van der Waals surface area contributed by atoms with Gasteiger partial charge in [-0.25, -0.2) is 22.0 Å². The molecule has 2 aliphatic carbocycles. The Hall–Kier alpha value is -4.58. The molecule has 1 saturated heterocycles. The molecule has 0 bridgehead atoms. The predicted molar refractivity (Wildman–Crippen MR) is 206 cm³/mol. The highest BCUT2D eigenvalue weighted by Gasteiger charge is 2.63. The molecule has 18 heteroatoms. The number of amides is 4. The summed E-state index contributed by atoms with van der Waals surface area (Å²) < 4.78 is 75.4. The fourth-order valence-corrected chi connectivity index (χ4v) is 9.67. The van der Waals surface area contributed by atoms with Crippen LogP contribution in [0.25, 0.3) is 10.8 Å². The van der Waals surface area contributed by atoms with Crippen molar-refractivity contribution in [3.8, 4) is 11.8 Å². The third kappa shape index (κ3) is 7.57. The van der Waals surface area contributed by atoms with E-state index < -0.39 is 92.4 Å². The number of hydrogen-bond donors (Lipinski definition) is 3. The third-order valence-corrected chi connectivity index (χ3v) is 14.5. The Labute approximate surface area is 335 Å². The number of rotatable bonds is 8. The monoisotopic (exact) mass is 831 g/mol. The minimum atomic E-state index is -4.10. The molecule has 58 heavy (non-hydrogen) atoms. The van der Waals surface area contributed by atoms with Crippen LogP contribution in [0, 0.1) is 5.92 Å². The Morgan fingerprint density at radius 3 is 2.55 bits per heavy atom. The van der Waals surface area contributed by atoms with Crippen LogP contribution in [0.5, 0.6) is 11.8 Å². The molecule has 4 heterocycles. The number of aromatic nitrogens is 1. The first-order valence-corrected chi connectivity index (χ1v) is 21.3. The molecule has 7 atom stereocenters. The van der Waals surface area contributed by atoms with Crippen molar-refractivity contribution in [1.82, 2.24) is 24.8 Å². The van der Waals surface area contributed by atoms with Gasteiger partial charge in [0.15, 0.2) is 0 Å². The van der Waals surface area contributed by atoms with Crippen molar-refractivity contribution < 1.29 is 55.7 Å². The van der Waals surface area contributed by atoms with Gasteiger partial charge in [-0.3, -0.25) is 24.0 Å². The zero-order valence-electron chi connectivity index (χ0n) is 33.2. The number of fused-ring (bicyclic) bond motifs is 5. The second kappa shape index (κ2) is 15.2. The summed E-state index contributed by atoms with van der Waals surface area (Å²) in [6.07, 6.45) is -1.36. The zero-order chi connectivity index (χ0) is 41.9. The summed E-state index contributed by atoms with van der Waals surface area (Å²) in [5.41, 5.74) is -3.16. The Morgan fingerprint density at radius 1 is 1.17 bits per heavy atom. The van der Waals surface area contributed by atoms with Gasteiger partial charge < -0.3 is 29.5 Å². The van der Waals surface area contributed by atoms with Gasteiger partial charge in [-0.05, 0) is 91.0 Å². The highest BCUT2D eigenvalue weighted by Crippen LogP contribution is 2.48. The van der Waals surface area contributed by atoms with E-state index in [1.807, 2.05) is 24.3 Å². The first kappa shape index (κ1) is 41.6. The highest BCUT2D eigenvalue weighted by atomic mass is 32.2. The van der Waals surface area contributed by atoms with E-state index >= 15 is 4.79 Å². The highest BCUT2D eigenvalue weighted by molar-refractivity contribution is 7.91. The molecule has 3 aliphatic heterocycles. The minimum Gasteiger partial charge on any atom is -0.477 e. The van der Waals surface area contributed by atoms with E-state index in [9.17, 15) is 36.7 Å². The van der Waals surface area contributed by atoms with Crippen molar-refractivity contribution in [3.05, 3.63) is 42.0 Å². The summed E-state index contributed by atoms with van der Waals surface area (Å²) in [7, 11) is -4.10. The average molecular weight is 832 g/mol. The van der Waals surface area contributed by atoms with Crippen LogP contribution in [0.2, 0.25) is 0 Å². The zero-order valence-corrected chi connectivity index (χ0v) is 34.0. The van der Waals surface area contributed by atoms with Gasteiger partial charge in [0.05, 0.1) is 30.1 Å². The van der Waals surface area contributed by atoms with E-state index in [1.165, 1.54) is 13.8 Å². The molecule has 0 radical (unpaired) electrons. The number of nitrogens with zero attached hydrogens (tertiary/aromatic N) is 3. The van der Waals surface area contributed by atoms with E-state index in [0.29, 0.717) is 48.5 Å². The van der Waals surface area contributed by atoms with Crippen molar-refractivity contribution >= 4 is 44.6 Å². The summed E-state index contributed by atoms with van der Waals surface area (Å²) in [5.74, 6) is -2.77. The first-order chi connectivity index (χ1) is 27.3. The lowest BCUT2D eigenvalue weighted by molar-refractivity contribution is -0.155. The Morgan fingerprint density at radius 2 is 1.88 bits per heavy atom. The Bertz CT molecular complexity index is 2130. The maximum absolute atomic E-state index is 15.0. The third-order valence-electron chi connectivity index (χ3n) is 12.4. The van der Waals surface area contributed by atoms with Crippen LogP contribution in [0.1, 0.15) is 85.1 Å². The van der Waals surface area contributed by atoms with Gasteiger partial charge in [0, 0.05) is 23.3 Å². The molecule has 15 nitrogen and oxygen atoms in total. The van der Waals surface area contributed by atoms with Gasteiger partial charge in [0.2, 0.25) is 33.6 Å². The number of alkyl halides is 2. The smallest absolute Gasteiger partial charge is 0.408 e. The molecule has 2 aromatic rings. The SMILES string of the molecule is C[C@@H]1CC/C=C\[C@@H]2C[C@@]2(C(=O)NS(=O)(=O)C2(C)CC2)NC(=O)[C@@H]2C[C@@H](Oc3nc4c(c5ccccc35)CCCO4)CN2C(=O)[C@@H](N(C(=O)O)C(C)(C)C(F)F)[C@H](C)O1. The lowest BCUT2D eigenvalue weighted by Gasteiger charge is -2.44. The van der Waals surface area contributed by atoms with E-state index in [-0.39, 0.29) is 25.3 Å². The summed E-state index contributed by atoms with van der Waals surface area (Å²) in [5, 5.41) is 14.8. The van der Waals surface area contributed by atoms with Gasteiger partial charge in [-0.1, -0.05) is 30.4 Å². The fourth-order valence-electron chi connectivity index (χ4n) is 8.36. The molecule has 3 N–H and O–H groups in total. The largest absolute Gasteiger partial charge is 0.477 e. The van der Waals surface area contributed by atoms with Crippen molar-refractivity contribution in [2.45, 2.75) is 139 Å². The molecular weight excluding hydrogens is 781 g/mol. The van der Waals surface area contributed by atoms with Gasteiger partial charge in [0.1, 0.15) is 29.3 Å². The van der Waals surface area contributed by atoms with Gasteiger partial charge in [-0.15, -0.1) is 0 Å². The number of pyridine rings is 1. The summed E-state index contributed by atoms with van der Waals surface area (Å²) in [6, 6.07) is 4.15. The van der Waals surface area contributed by atoms with Crippen molar-refractivity contribution in [3.63, 3.8) is 0 Å². The second-order valence-corrected chi connectivity index (χ2v) is 19.2. The van der Waals surface area contributed by atoms with Crippen LogP contribution in [0.15, 0.2) is 36.4 Å². The molecule has 1 aromatic carbocycles. The number of carbonyl (C=O) groups is 4. The number of ether oxygens (including phenoxy) is 3. The molecule has 0 spiro atoms. The maximum atomic E-state index is 15.0. The first-order valence-electron chi connectivity index (χ1n) is 19.8. The van der Waals surface area contributed by atoms with Crippen molar-refractivity contribution in [1.29, 1.82) is 0 Å². The number of allylic oxidation sites excluding steroid dienone is 1. The van der Waals surface area contributed by atoms with Crippen LogP contribution in [0.3, 0.4) is 0 Å². The molecule has 7 rings (SSSR count). The van der Waals surface area contributed by atoms with Gasteiger partial charge in [-0.2, -0.15) is 4.98 Å². The van der Waals surface area contributed by atoms with Crippen molar-refractivity contribution in [2.24, 2.45) is 5.92 Å². The van der Waals surface area contributed by atoms with Gasteiger partial charge >= 0.3 is 6.09 Å². The molecule has 316 valence electrons. The molecule has 0 unspecified atom stereocenters. The number of nitrogens with one attached hydrogen (secondary N) is 2. The molecule has 4 amide bonds. The van der Waals surface area contributed by atoms with Crippen LogP contribution in [0.4, 0.5) is 13.6 Å². The van der Waals surface area contributed by atoms with Crippen LogP contribution in [-0.4, -0.2) is 118 Å². The molecular formula is C40H51F2N5O10S. The molecule has 3 fully saturated rings. The maximum Gasteiger partial charge on any atom is 0.408 e. The second-order valence-electron chi connectivity index (χ2n) is 17.0. The minimum absolute atomic E-state index is 0.0695. The number of carbonyl (C=O) groups excluding carboxylic acids is 3. The number of carboxylic acid groups (broad SMARTS) is 1. The van der Waals surface area contributed by atoms with Crippen molar-refractivity contribution in [2.75, 3.05) is 13.2 Å². The molecule has 1 aromatic heterocycles. The molecule has 2 saturated carbocycles.